The molecule has 1 aromatic carbocycles. The molecule has 0 bridgehead atoms. The smallest absolute Gasteiger partial charge is 0.475 e. The van der Waals surface area contributed by atoms with Gasteiger partial charge in [0.05, 0.1) is 5.92 Å². The van der Waals surface area contributed by atoms with Crippen molar-refractivity contribution >= 4 is 11.9 Å². The SMILES string of the molecule is O=C(O)C(F)(F)F.O=C(OCc1ccccc1)C1CNC1. The molecule has 1 fully saturated rings. The maximum absolute atomic E-state index is 11.3. The normalized spacial score (nSPS) is 14.4. The average molecular weight is 305 g/mol. The second kappa shape index (κ2) is 7.63. The molecule has 1 saturated heterocycles. The first-order chi connectivity index (χ1) is 9.80. The number of hydrogen-bond donors (Lipinski definition) is 2. The first-order valence-electron chi connectivity index (χ1n) is 6.02. The van der Waals surface area contributed by atoms with Crippen molar-refractivity contribution in [1.82, 2.24) is 5.32 Å². The highest BCUT2D eigenvalue weighted by Gasteiger charge is 2.38. The summed E-state index contributed by atoms with van der Waals surface area (Å²) >= 11 is 0. The lowest BCUT2D eigenvalue weighted by molar-refractivity contribution is -0.192. The van der Waals surface area contributed by atoms with Crippen molar-refractivity contribution in [2.45, 2.75) is 12.8 Å². The summed E-state index contributed by atoms with van der Waals surface area (Å²) in [4.78, 5) is 20.2. The van der Waals surface area contributed by atoms with Crippen LogP contribution in [0.4, 0.5) is 13.2 Å². The monoisotopic (exact) mass is 305 g/mol. The van der Waals surface area contributed by atoms with Crippen LogP contribution in [0.5, 0.6) is 0 Å². The maximum atomic E-state index is 11.3. The molecule has 1 heterocycles. The van der Waals surface area contributed by atoms with Gasteiger partial charge in [-0.2, -0.15) is 13.2 Å². The Balaban J connectivity index is 0.000000270. The van der Waals surface area contributed by atoms with Gasteiger partial charge in [0.1, 0.15) is 6.61 Å². The standard InChI is InChI=1S/C11H13NO2.C2HF3O2/c13-11(10-6-12-7-10)14-8-9-4-2-1-3-5-9;3-2(4,5)1(6)7/h1-5,10,12H,6-8H2;(H,6,7). The molecule has 0 aromatic heterocycles. The van der Waals surface area contributed by atoms with E-state index in [1.165, 1.54) is 0 Å². The minimum Gasteiger partial charge on any atom is -0.475 e. The number of carboxylic acids is 1. The molecule has 1 aromatic rings. The Hall–Kier alpha value is -2.09. The first-order valence-corrected chi connectivity index (χ1v) is 6.02. The van der Waals surface area contributed by atoms with Crippen LogP contribution in [0, 0.1) is 5.92 Å². The van der Waals surface area contributed by atoms with Gasteiger partial charge >= 0.3 is 18.1 Å². The van der Waals surface area contributed by atoms with Gasteiger partial charge in [-0.3, -0.25) is 4.79 Å². The van der Waals surface area contributed by atoms with E-state index in [9.17, 15) is 18.0 Å². The van der Waals surface area contributed by atoms with Crippen LogP contribution in [0.1, 0.15) is 5.56 Å². The highest BCUT2D eigenvalue weighted by molar-refractivity contribution is 5.74. The zero-order valence-corrected chi connectivity index (χ0v) is 10.9. The fourth-order valence-corrected chi connectivity index (χ4v) is 1.30. The van der Waals surface area contributed by atoms with Crippen LogP contribution in [0.15, 0.2) is 30.3 Å². The number of alkyl halides is 3. The Kier molecular flexibility index (Phi) is 6.16. The molecular formula is C13H14F3NO4. The maximum Gasteiger partial charge on any atom is 0.490 e. The predicted molar refractivity (Wildman–Crippen MR) is 66.3 cm³/mol. The molecule has 2 N–H and O–H groups in total. The minimum atomic E-state index is -5.08. The van der Waals surface area contributed by atoms with Gasteiger partial charge in [-0.05, 0) is 5.56 Å². The van der Waals surface area contributed by atoms with Gasteiger partial charge in [-0.15, -0.1) is 0 Å². The minimum absolute atomic E-state index is 0.0683. The molecule has 0 aliphatic carbocycles. The third kappa shape index (κ3) is 6.26. The van der Waals surface area contributed by atoms with E-state index in [1.54, 1.807) is 0 Å². The van der Waals surface area contributed by atoms with Crippen LogP contribution in [-0.4, -0.2) is 36.3 Å². The van der Waals surface area contributed by atoms with Crippen LogP contribution in [0.2, 0.25) is 0 Å². The lowest BCUT2D eigenvalue weighted by Gasteiger charge is -2.24. The van der Waals surface area contributed by atoms with Crippen molar-refractivity contribution in [3.63, 3.8) is 0 Å². The number of carboxylic acid groups (broad SMARTS) is 1. The van der Waals surface area contributed by atoms with Gasteiger partial charge < -0.3 is 15.2 Å². The van der Waals surface area contributed by atoms with Gasteiger partial charge in [-0.1, -0.05) is 30.3 Å². The molecule has 1 aliphatic heterocycles. The molecule has 2 rings (SSSR count). The molecular weight excluding hydrogens is 291 g/mol. The number of benzene rings is 1. The second-order valence-corrected chi connectivity index (χ2v) is 4.25. The summed E-state index contributed by atoms with van der Waals surface area (Å²) < 4.78 is 36.9. The number of ether oxygens (including phenoxy) is 1. The Morgan fingerprint density at radius 1 is 1.24 bits per heavy atom. The fraction of sp³-hybridized carbons (Fsp3) is 0.385. The Morgan fingerprint density at radius 2 is 1.76 bits per heavy atom. The third-order valence-corrected chi connectivity index (χ3v) is 2.58. The van der Waals surface area contributed by atoms with E-state index in [4.69, 9.17) is 14.6 Å². The van der Waals surface area contributed by atoms with E-state index in [-0.39, 0.29) is 11.9 Å². The number of esters is 1. The summed E-state index contributed by atoms with van der Waals surface area (Å²) in [6, 6.07) is 9.72. The van der Waals surface area contributed by atoms with Crippen molar-refractivity contribution in [2.75, 3.05) is 13.1 Å². The molecule has 21 heavy (non-hydrogen) atoms. The molecule has 8 heteroatoms. The zero-order valence-electron chi connectivity index (χ0n) is 10.9. The first kappa shape index (κ1) is 17.0. The van der Waals surface area contributed by atoms with E-state index in [0.717, 1.165) is 18.7 Å². The molecule has 0 spiro atoms. The van der Waals surface area contributed by atoms with Crippen molar-refractivity contribution in [1.29, 1.82) is 0 Å². The lowest BCUT2D eigenvalue weighted by atomic mass is 10.0. The predicted octanol–water partition coefficient (Wildman–Crippen LogP) is 1.58. The zero-order chi connectivity index (χ0) is 15.9. The largest absolute Gasteiger partial charge is 0.490 e. The summed E-state index contributed by atoms with van der Waals surface area (Å²) in [5.74, 6) is -2.78. The Morgan fingerprint density at radius 3 is 2.14 bits per heavy atom. The lowest BCUT2D eigenvalue weighted by Crippen LogP contribution is -2.47. The van der Waals surface area contributed by atoms with E-state index in [0.29, 0.717) is 6.61 Å². The van der Waals surface area contributed by atoms with Gasteiger partial charge in [0, 0.05) is 13.1 Å². The molecule has 1 aliphatic rings. The molecule has 0 saturated carbocycles. The second-order valence-electron chi connectivity index (χ2n) is 4.25. The van der Waals surface area contributed by atoms with E-state index >= 15 is 0 Å². The molecule has 5 nitrogen and oxygen atoms in total. The van der Waals surface area contributed by atoms with Crippen LogP contribution in [-0.2, 0) is 20.9 Å². The number of nitrogens with one attached hydrogen (secondary N) is 1. The quantitative estimate of drug-likeness (QED) is 0.829. The molecule has 116 valence electrons. The third-order valence-electron chi connectivity index (χ3n) is 2.58. The van der Waals surface area contributed by atoms with Gasteiger partial charge in [-0.25, -0.2) is 4.79 Å². The summed E-state index contributed by atoms with van der Waals surface area (Å²) in [7, 11) is 0. The van der Waals surface area contributed by atoms with Crippen LogP contribution < -0.4 is 5.32 Å². The van der Waals surface area contributed by atoms with Crippen LogP contribution >= 0.6 is 0 Å². The number of aliphatic carboxylic acids is 1. The summed E-state index contributed by atoms with van der Waals surface area (Å²) in [5.41, 5.74) is 1.04. The molecule has 0 amide bonds. The Labute approximate surface area is 118 Å². The number of rotatable bonds is 3. The summed E-state index contributed by atoms with van der Waals surface area (Å²) in [6.45, 7) is 1.90. The van der Waals surface area contributed by atoms with Gasteiger partial charge in [0.2, 0.25) is 0 Å². The highest BCUT2D eigenvalue weighted by Crippen LogP contribution is 2.13. The van der Waals surface area contributed by atoms with E-state index in [2.05, 4.69) is 5.32 Å². The van der Waals surface area contributed by atoms with Gasteiger partial charge in [0.15, 0.2) is 0 Å². The van der Waals surface area contributed by atoms with Crippen molar-refractivity contribution in [3.8, 4) is 0 Å². The van der Waals surface area contributed by atoms with Crippen molar-refractivity contribution in [2.24, 2.45) is 5.92 Å². The number of carbonyl (C=O) groups excluding carboxylic acids is 1. The summed E-state index contributed by atoms with van der Waals surface area (Å²) in [6.07, 6.45) is -5.08. The summed E-state index contributed by atoms with van der Waals surface area (Å²) in [5, 5.41) is 10.2. The average Bonchev–Trinajstić information content (AvgIpc) is 2.35. The number of carbonyl (C=O) groups is 2. The van der Waals surface area contributed by atoms with Crippen molar-refractivity contribution < 1.29 is 32.6 Å². The number of hydrogen-bond acceptors (Lipinski definition) is 4. The highest BCUT2D eigenvalue weighted by atomic mass is 19.4. The Bertz CT molecular complexity index is 472. The number of halogens is 3. The van der Waals surface area contributed by atoms with E-state index < -0.39 is 12.1 Å². The van der Waals surface area contributed by atoms with Crippen LogP contribution in [0.25, 0.3) is 0 Å². The van der Waals surface area contributed by atoms with E-state index in [1.807, 2.05) is 30.3 Å². The van der Waals surface area contributed by atoms with Crippen molar-refractivity contribution in [3.05, 3.63) is 35.9 Å². The van der Waals surface area contributed by atoms with Crippen LogP contribution in [0.3, 0.4) is 0 Å². The topological polar surface area (TPSA) is 75.6 Å². The van der Waals surface area contributed by atoms with Gasteiger partial charge in [0.25, 0.3) is 0 Å². The molecule has 0 unspecified atom stereocenters. The fourth-order valence-electron chi connectivity index (χ4n) is 1.30. The molecule has 0 radical (unpaired) electrons. The molecule has 0 atom stereocenters.